The Hall–Kier alpha value is -1.36. The topological polar surface area (TPSA) is 69.7 Å². The van der Waals surface area contributed by atoms with Crippen molar-refractivity contribution in [3.05, 3.63) is 34.3 Å². The van der Waals surface area contributed by atoms with Gasteiger partial charge in [0.15, 0.2) is 0 Å². The van der Waals surface area contributed by atoms with Gasteiger partial charge in [-0.3, -0.25) is 9.69 Å². The van der Waals surface area contributed by atoms with Crippen LogP contribution in [0.25, 0.3) is 0 Å². The molecule has 1 aliphatic heterocycles. The number of sulfonamides is 1. The van der Waals surface area contributed by atoms with Crippen LogP contribution in [0.15, 0.2) is 18.2 Å². The number of halogens is 4. The number of nitrogens with zero attached hydrogens (tertiary/aromatic N) is 2. The molecule has 1 aromatic carbocycles. The molecular weight excluding hydrogens is 479 g/mol. The first-order chi connectivity index (χ1) is 15.5. The molecule has 0 atom stereocenters. The first-order valence-corrected chi connectivity index (χ1v) is 13.4. The first kappa shape index (κ1) is 26.2. The predicted molar refractivity (Wildman–Crippen MR) is 122 cm³/mol. The normalized spacial score (nSPS) is 20.5. The van der Waals surface area contributed by atoms with Crippen LogP contribution >= 0.6 is 11.6 Å². The standard InChI is InChI=1S/C22H31ClF3N3O3S/c1-2-15-33(31,32)29-13-11-28(12-14-29)21(9-4-3-5-10-21)16-27-20(30)17-7-6-8-18(19(17)23)22(24,25)26/h6-8H,2-5,9-16H2,1H3,(H,27,30). The highest BCUT2D eigenvalue weighted by molar-refractivity contribution is 7.89. The highest BCUT2D eigenvalue weighted by Gasteiger charge is 2.41. The smallest absolute Gasteiger partial charge is 0.350 e. The number of carbonyl (C=O) groups is 1. The second-order valence-electron chi connectivity index (χ2n) is 8.83. The van der Waals surface area contributed by atoms with E-state index in [1.807, 2.05) is 6.92 Å². The van der Waals surface area contributed by atoms with E-state index < -0.39 is 32.7 Å². The SMILES string of the molecule is CCCS(=O)(=O)N1CCN(C2(CNC(=O)c3cccc(C(F)(F)F)c3Cl)CCCCC2)CC1. The summed E-state index contributed by atoms with van der Waals surface area (Å²) in [4.78, 5) is 15.0. The van der Waals surface area contributed by atoms with Gasteiger partial charge >= 0.3 is 6.18 Å². The molecule has 0 radical (unpaired) electrons. The molecule has 0 spiro atoms. The lowest BCUT2D eigenvalue weighted by Gasteiger charge is -2.49. The van der Waals surface area contributed by atoms with Crippen molar-refractivity contribution in [2.45, 2.75) is 57.2 Å². The van der Waals surface area contributed by atoms with Gasteiger partial charge in [0.25, 0.3) is 5.91 Å². The Balaban J connectivity index is 1.72. The van der Waals surface area contributed by atoms with Crippen LogP contribution in [0.3, 0.4) is 0 Å². The quantitative estimate of drug-likeness (QED) is 0.599. The maximum atomic E-state index is 13.2. The summed E-state index contributed by atoms with van der Waals surface area (Å²) in [7, 11) is -3.26. The van der Waals surface area contributed by atoms with E-state index in [2.05, 4.69) is 10.2 Å². The third-order valence-electron chi connectivity index (χ3n) is 6.68. The lowest BCUT2D eigenvalue weighted by molar-refractivity contribution is -0.137. The molecule has 33 heavy (non-hydrogen) atoms. The number of alkyl halides is 3. The van der Waals surface area contributed by atoms with E-state index in [0.29, 0.717) is 32.6 Å². The van der Waals surface area contributed by atoms with Gasteiger partial charge in [-0.25, -0.2) is 8.42 Å². The number of hydrogen-bond acceptors (Lipinski definition) is 4. The summed E-state index contributed by atoms with van der Waals surface area (Å²) in [5, 5.41) is 2.22. The lowest BCUT2D eigenvalue weighted by Crippen LogP contribution is -2.62. The molecule has 0 unspecified atom stereocenters. The average molecular weight is 510 g/mol. The number of nitrogens with one attached hydrogen (secondary N) is 1. The highest BCUT2D eigenvalue weighted by atomic mass is 35.5. The second kappa shape index (κ2) is 10.5. The number of rotatable bonds is 7. The minimum Gasteiger partial charge on any atom is -0.350 e. The zero-order valence-corrected chi connectivity index (χ0v) is 20.3. The summed E-state index contributed by atoms with van der Waals surface area (Å²) in [5.41, 5.74) is -1.58. The summed E-state index contributed by atoms with van der Waals surface area (Å²) in [6.07, 6.45) is 0.645. The average Bonchev–Trinajstić information content (AvgIpc) is 2.77. The van der Waals surface area contributed by atoms with E-state index >= 15 is 0 Å². The lowest BCUT2D eigenvalue weighted by atomic mass is 9.79. The summed E-state index contributed by atoms with van der Waals surface area (Å²) < 4.78 is 65.8. The van der Waals surface area contributed by atoms with Gasteiger partial charge in [0.1, 0.15) is 0 Å². The summed E-state index contributed by atoms with van der Waals surface area (Å²) in [5.74, 6) is -0.508. The van der Waals surface area contributed by atoms with Crippen molar-refractivity contribution in [3.8, 4) is 0 Å². The van der Waals surface area contributed by atoms with Crippen LogP contribution in [0.5, 0.6) is 0 Å². The molecule has 1 aromatic rings. The predicted octanol–water partition coefficient (Wildman–Crippen LogP) is 4.15. The maximum absolute atomic E-state index is 13.2. The van der Waals surface area contributed by atoms with E-state index in [-0.39, 0.29) is 23.4 Å². The van der Waals surface area contributed by atoms with Crippen molar-refractivity contribution < 1.29 is 26.4 Å². The van der Waals surface area contributed by atoms with Gasteiger partial charge in [0.05, 0.1) is 21.9 Å². The maximum Gasteiger partial charge on any atom is 0.417 e. The van der Waals surface area contributed by atoms with Gasteiger partial charge in [-0.05, 0) is 31.4 Å². The number of hydrogen-bond donors (Lipinski definition) is 1. The van der Waals surface area contributed by atoms with Crippen LogP contribution in [0, 0.1) is 0 Å². The zero-order valence-electron chi connectivity index (χ0n) is 18.8. The molecule has 2 aliphatic rings. The molecule has 186 valence electrons. The Kier molecular flexibility index (Phi) is 8.35. The Morgan fingerprint density at radius 1 is 1.12 bits per heavy atom. The molecule has 0 aromatic heterocycles. The van der Waals surface area contributed by atoms with Crippen molar-refractivity contribution in [2.75, 3.05) is 38.5 Å². The number of carbonyl (C=O) groups excluding carboxylic acids is 1. The van der Waals surface area contributed by atoms with E-state index in [9.17, 15) is 26.4 Å². The minimum absolute atomic E-state index is 0.131. The zero-order chi connectivity index (χ0) is 24.3. The molecule has 0 bridgehead atoms. The van der Waals surface area contributed by atoms with Crippen molar-refractivity contribution in [2.24, 2.45) is 0 Å². The summed E-state index contributed by atoms with van der Waals surface area (Å²) in [6, 6.07) is 3.32. The molecule has 2 fully saturated rings. The van der Waals surface area contributed by atoms with Gasteiger partial charge in [-0.1, -0.05) is 43.9 Å². The van der Waals surface area contributed by atoms with E-state index in [1.165, 1.54) is 16.4 Å². The molecule has 1 aliphatic carbocycles. The van der Waals surface area contributed by atoms with Gasteiger partial charge in [-0.2, -0.15) is 17.5 Å². The Morgan fingerprint density at radius 2 is 1.76 bits per heavy atom. The fraction of sp³-hybridized carbons (Fsp3) is 0.682. The molecule has 1 saturated carbocycles. The molecule has 11 heteroatoms. The second-order valence-corrected chi connectivity index (χ2v) is 11.3. The first-order valence-electron chi connectivity index (χ1n) is 11.4. The molecule has 3 rings (SSSR count). The van der Waals surface area contributed by atoms with E-state index in [1.54, 1.807) is 0 Å². The molecular formula is C22H31ClF3N3O3S. The molecule has 6 nitrogen and oxygen atoms in total. The van der Waals surface area contributed by atoms with Crippen LogP contribution in [0.4, 0.5) is 13.2 Å². The van der Waals surface area contributed by atoms with Crippen molar-refractivity contribution in [1.82, 2.24) is 14.5 Å². The minimum atomic E-state index is -4.64. The van der Waals surface area contributed by atoms with Crippen molar-refractivity contribution in [1.29, 1.82) is 0 Å². The molecule has 1 N–H and O–H groups in total. The van der Waals surface area contributed by atoms with Crippen molar-refractivity contribution in [3.63, 3.8) is 0 Å². The third kappa shape index (κ3) is 6.01. The van der Waals surface area contributed by atoms with Crippen LogP contribution < -0.4 is 5.32 Å². The van der Waals surface area contributed by atoms with Crippen LogP contribution in [0.2, 0.25) is 5.02 Å². The third-order valence-corrected chi connectivity index (χ3v) is 9.16. The molecule has 1 saturated heterocycles. The Morgan fingerprint density at radius 3 is 2.33 bits per heavy atom. The largest absolute Gasteiger partial charge is 0.417 e. The molecule has 1 amide bonds. The van der Waals surface area contributed by atoms with Crippen molar-refractivity contribution >= 4 is 27.5 Å². The van der Waals surface area contributed by atoms with Crippen LogP contribution in [-0.2, 0) is 16.2 Å². The fourth-order valence-corrected chi connectivity index (χ4v) is 6.72. The highest BCUT2D eigenvalue weighted by Crippen LogP contribution is 2.37. The monoisotopic (exact) mass is 509 g/mol. The number of piperazine rings is 1. The van der Waals surface area contributed by atoms with Gasteiger partial charge in [0.2, 0.25) is 10.0 Å². The molecule has 1 heterocycles. The van der Waals surface area contributed by atoms with Gasteiger partial charge < -0.3 is 5.32 Å². The number of amides is 1. The number of benzene rings is 1. The van der Waals surface area contributed by atoms with E-state index in [0.717, 1.165) is 38.2 Å². The van der Waals surface area contributed by atoms with Gasteiger partial charge in [-0.15, -0.1) is 0 Å². The summed E-state index contributed by atoms with van der Waals surface area (Å²) >= 11 is 5.92. The summed E-state index contributed by atoms with van der Waals surface area (Å²) in [6.45, 7) is 4.03. The van der Waals surface area contributed by atoms with Crippen LogP contribution in [0.1, 0.15) is 61.4 Å². The fourth-order valence-electron chi connectivity index (χ4n) is 4.91. The van der Waals surface area contributed by atoms with Gasteiger partial charge in [0, 0.05) is 38.3 Å². The van der Waals surface area contributed by atoms with E-state index in [4.69, 9.17) is 11.6 Å². The Bertz CT molecular complexity index is 942. The van der Waals surface area contributed by atoms with Crippen LogP contribution in [-0.4, -0.2) is 67.5 Å². The Labute approximate surface area is 198 Å².